The highest BCUT2D eigenvalue weighted by molar-refractivity contribution is 7.18. The second-order valence-electron chi connectivity index (χ2n) is 4.05. The summed E-state index contributed by atoms with van der Waals surface area (Å²) in [6, 6.07) is 7.84. The normalized spacial score (nSPS) is 10.6. The van der Waals surface area contributed by atoms with Gasteiger partial charge in [0, 0.05) is 12.4 Å². The molecule has 0 unspecified atom stereocenters. The molecule has 0 aliphatic rings. The number of benzene rings is 1. The average molecular weight is 285 g/mol. The first-order valence-electron chi connectivity index (χ1n) is 5.93. The monoisotopic (exact) mass is 285 g/mol. The molecule has 2 aromatic heterocycles. The number of nitrogens with one attached hydrogen (secondary N) is 1. The molecule has 3 aromatic rings. The van der Waals surface area contributed by atoms with Crippen LogP contribution in [-0.2, 0) is 6.54 Å². The summed E-state index contributed by atoms with van der Waals surface area (Å²) >= 11 is 1.55. The largest absolute Gasteiger partial charge is 0.382 e. The number of nitrogens with two attached hydrogens (primary N) is 1. The number of thiazole rings is 1. The molecule has 20 heavy (non-hydrogen) atoms. The minimum atomic E-state index is -0.352. The molecule has 0 fully saturated rings. The lowest BCUT2D eigenvalue weighted by Gasteiger charge is -2.03. The summed E-state index contributed by atoms with van der Waals surface area (Å²) in [5.41, 5.74) is 6.67. The van der Waals surface area contributed by atoms with Crippen molar-refractivity contribution >= 4 is 33.3 Å². The van der Waals surface area contributed by atoms with Crippen LogP contribution >= 0.6 is 11.3 Å². The Morgan fingerprint density at radius 3 is 2.85 bits per heavy atom. The van der Waals surface area contributed by atoms with Gasteiger partial charge in [0.25, 0.3) is 5.91 Å². The summed E-state index contributed by atoms with van der Waals surface area (Å²) in [6.07, 6.45) is 2.88. The van der Waals surface area contributed by atoms with Gasteiger partial charge in [-0.3, -0.25) is 4.79 Å². The summed E-state index contributed by atoms with van der Waals surface area (Å²) in [6.45, 7) is 0.341. The van der Waals surface area contributed by atoms with E-state index in [0.29, 0.717) is 6.54 Å². The molecule has 0 atom stereocenters. The smallest absolute Gasteiger partial charge is 0.274 e. The summed E-state index contributed by atoms with van der Waals surface area (Å²) in [5.74, 6) is -0.232. The number of aromatic nitrogens is 3. The number of para-hydroxylation sites is 1. The van der Waals surface area contributed by atoms with E-state index in [1.165, 1.54) is 12.4 Å². The summed E-state index contributed by atoms with van der Waals surface area (Å²) in [4.78, 5) is 24.1. The van der Waals surface area contributed by atoms with Crippen LogP contribution in [0.25, 0.3) is 10.2 Å². The lowest BCUT2D eigenvalue weighted by Crippen LogP contribution is -2.25. The van der Waals surface area contributed by atoms with Gasteiger partial charge in [-0.1, -0.05) is 12.1 Å². The first-order chi connectivity index (χ1) is 9.74. The van der Waals surface area contributed by atoms with Crippen LogP contribution in [0.2, 0.25) is 0 Å². The summed E-state index contributed by atoms with van der Waals surface area (Å²) in [7, 11) is 0. The molecule has 0 aliphatic heterocycles. The molecule has 0 aliphatic carbocycles. The van der Waals surface area contributed by atoms with Gasteiger partial charge < -0.3 is 11.1 Å². The van der Waals surface area contributed by atoms with Crippen LogP contribution in [-0.4, -0.2) is 20.9 Å². The maximum atomic E-state index is 11.9. The molecule has 3 N–H and O–H groups in total. The summed E-state index contributed by atoms with van der Waals surface area (Å²) in [5, 5.41) is 3.58. The van der Waals surface area contributed by atoms with Gasteiger partial charge in [0.1, 0.15) is 5.01 Å². The van der Waals surface area contributed by atoms with Crippen molar-refractivity contribution in [1.82, 2.24) is 20.3 Å². The zero-order valence-electron chi connectivity index (χ0n) is 10.4. The molecule has 6 nitrogen and oxygen atoms in total. The third-order valence-corrected chi connectivity index (χ3v) is 3.72. The second-order valence-corrected chi connectivity index (χ2v) is 5.16. The van der Waals surface area contributed by atoms with Crippen molar-refractivity contribution in [2.45, 2.75) is 6.54 Å². The predicted molar refractivity (Wildman–Crippen MR) is 77.2 cm³/mol. The molecule has 2 heterocycles. The van der Waals surface area contributed by atoms with Crippen LogP contribution in [0.15, 0.2) is 36.7 Å². The maximum absolute atomic E-state index is 11.9. The standard InChI is InChI=1S/C13H11N5OS/c14-12-11(15-5-6-16-12)13(19)17-7-10-18-8-3-1-2-4-9(8)20-10/h1-6H,7H2,(H2,14,16)(H,17,19). The molecule has 0 saturated carbocycles. The topological polar surface area (TPSA) is 93.8 Å². The Labute approximate surface area is 118 Å². The van der Waals surface area contributed by atoms with E-state index in [0.717, 1.165) is 15.2 Å². The highest BCUT2D eigenvalue weighted by Crippen LogP contribution is 2.21. The van der Waals surface area contributed by atoms with Gasteiger partial charge >= 0.3 is 0 Å². The van der Waals surface area contributed by atoms with Crippen LogP contribution in [0.1, 0.15) is 15.5 Å². The highest BCUT2D eigenvalue weighted by Gasteiger charge is 2.12. The number of amides is 1. The lowest BCUT2D eigenvalue weighted by molar-refractivity contribution is 0.0946. The molecular weight excluding hydrogens is 274 g/mol. The van der Waals surface area contributed by atoms with Gasteiger partial charge in [-0.05, 0) is 12.1 Å². The van der Waals surface area contributed by atoms with E-state index in [1.54, 1.807) is 11.3 Å². The number of rotatable bonds is 3. The minimum absolute atomic E-state index is 0.120. The fourth-order valence-electron chi connectivity index (χ4n) is 1.76. The second kappa shape index (κ2) is 5.22. The van der Waals surface area contributed by atoms with Gasteiger partial charge in [-0.15, -0.1) is 11.3 Å². The van der Waals surface area contributed by atoms with Crippen molar-refractivity contribution in [3.8, 4) is 0 Å². The van der Waals surface area contributed by atoms with Gasteiger partial charge in [0.05, 0.1) is 16.8 Å². The Balaban J connectivity index is 1.73. The van der Waals surface area contributed by atoms with E-state index in [4.69, 9.17) is 5.73 Å². The molecule has 7 heteroatoms. The number of nitrogen functional groups attached to an aromatic ring is 1. The van der Waals surface area contributed by atoms with Crippen molar-refractivity contribution in [1.29, 1.82) is 0 Å². The van der Waals surface area contributed by atoms with E-state index >= 15 is 0 Å². The number of carbonyl (C=O) groups is 1. The molecule has 0 radical (unpaired) electrons. The Morgan fingerprint density at radius 1 is 1.25 bits per heavy atom. The molecule has 1 amide bonds. The lowest BCUT2D eigenvalue weighted by atomic mass is 10.3. The fourth-order valence-corrected chi connectivity index (χ4v) is 2.67. The van der Waals surface area contributed by atoms with Crippen LogP contribution in [0.4, 0.5) is 5.82 Å². The third kappa shape index (κ3) is 2.43. The molecule has 3 rings (SSSR count). The number of hydrogen-bond donors (Lipinski definition) is 2. The van der Waals surface area contributed by atoms with Gasteiger partial charge in [-0.2, -0.15) is 0 Å². The number of carbonyl (C=O) groups excluding carboxylic acids is 1. The van der Waals surface area contributed by atoms with Crippen LogP contribution in [0.3, 0.4) is 0 Å². The minimum Gasteiger partial charge on any atom is -0.382 e. The number of anilines is 1. The van der Waals surface area contributed by atoms with Gasteiger partial charge in [0.15, 0.2) is 11.5 Å². The number of fused-ring (bicyclic) bond motifs is 1. The molecule has 0 saturated heterocycles. The molecule has 0 spiro atoms. The summed E-state index contributed by atoms with van der Waals surface area (Å²) < 4.78 is 1.09. The quantitative estimate of drug-likeness (QED) is 0.762. The zero-order chi connectivity index (χ0) is 13.9. The zero-order valence-corrected chi connectivity index (χ0v) is 11.2. The maximum Gasteiger partial charge on any atom is 0.274 e. The van der Waals surface area contributed by atoms with Gasteiger partial charge in [-0.25, -0.2) is 15.0 Å². The van der Waals surface area contributed by atoms with E-state index in [9.17, 15) is 4.79 Å². The van der Waals surface area contributed by atoms with E-state index < -0.39 is 0 Å². The predicted octanol–water partition coefficient (Wildman–Crippen LogP) is 1.60. The van der Waals surface area contributed by atoms with Crippen molar-refractivity contribution < 1.29 is 4.79 Å². The van der Waals surface area contributed by atoms with E-state index in [1.807, 2.05) is 24.3 Å². The SMILES string of the molecule is Nc1nccnc1C(=O)NCc1nc2ccccc2s1. The molecule has 100 valence electrons. The van der Waals surface area contributed by atoms with Crippen molar-refractivity contribution in [3.63, 3.8) is 0 Å². The van der Waals surface area contributed by atoms with Crippen LogP contribution in [0, 0.1) is 0 Å². The van der Waals surface area contributed by atoms with E-state index in [-0.39, 0.29) is 17.4 Å². The highest BCUT2D eigenvalue weighted by atomic mass is 32.1. The number of hydrogen-bond acceptors (Lipinski definition) is 6. The molecule has 1 aromatic carbocycles. The Morgan fingerprint density at radius 2 is 2.05 bits per heavy atom. The Bertz CT molecular complexity index is 737. The van der Waals surface area contributed by atoms with Crippen molar-refractivity contribution in [3.05, 3.63) is 47.4 Å². The van der Waals surface area contributed by atoms with Crippen molar-refractivity contribution in [2.75, 3.05) is 5.73 Å². The third-order valence-electron chi connectivity index (χ3n) is 2.68. The van der Waals surface area contributed by atoms with Crippen molar-refractivity contribution in [2.24, 2.45) is 0 Å². The fraction of sp³-hybridized carbons (Fsp3) is 0.0769. The average Bonchev–Trinajstić information content (AvgIpc) is 2.88. The Kier molecular flexibility index (Phi) is 3.26. The van der Waals surface area contributed by atoms with E-state index in [2.05, 4.69) is 20.3 Å². The first kappa shape index (κ1) is 12.5. The van der Waals surface area contributed by atoms with Crippen LogP contribution in [0.5, 0.6) is 0 Å². The van der Waals surface area contributed by atoms with Gasteiger partial charge in [0.2, 0.25) is 0 Å². The number of nitrogens with zero attached hydrogens (tertiary/aromatic N) is 3. The molecular formula is C13H11N5OS. The van der Waals surface area contributed by atoms with Crippen LogP contribution < -0.4 is 11.1 Å². The molecule has 0 bridgehead atoms. The Hall–Kier alpha value is -2.54. The first-order valence-corrected chi connectivity index (χ1v) is 6.75.